The fourth-order valence-corrected chi connectivity index (χ4v) is 5.83. The molecule has 2 unspecified atom stereocenters. The average molecular weight is 436 g/mol. The van der Waals surface area contributed by atoms with Gasteiger partial charge in [0, 0.05) is 6.04 Å². The Morgan fingerprint density at radius 1 is 1.41 bits per heavy atom. The lowest BCUT2D eigenvalue weighted by molar-refractivity contribution is -0.117. The van der Waals surface area contributed by atoms with E-state index in [9.17, 15) is 9.59 Å². The molecule has 2 aromatic heterocycles. The lowest BCUT2D eigenvalue weighted by Crippen LogP contribution is -2.58. The van der Waals surface area contributed by atoms with E-state index in [0.717, 1.165) is 16.8 Å². The predicted octanol–water partition coefficient (Wildman–Crippen LogP) is 3.78. The van der Waals surface area contributed by atoms with Crippen LogP contribution in [0.5, 0.6) is 0 Å². The minimum absolute atomic E-state index is 0.0761. The van der Waals surface area contributed by atoms with Crippen LogP contribution < -0.4 is 16.2 Å². The van der Waals surface area contributed by atoms with Crippen LogP contribution in [0, 0.1) is 30.1 Å². The van der Waals surface area contributed by atoms with Crippen molar-refractivity contribution in [1.82, 2.24) is 14.2 Å². The van der Waals surface area contributed by atoms with E-state index < -0.39 is 5.56 Å². The first-order valence-electron chi connectivity index (χ1n) is 9.92. The molecule has 7 nitrogen and oxygen atoms in total. The molecule has 3 saturated carbocycles. The Bertz CT molecular complexity index is 1000. The zero-order valence-electron chi connectivity index (χ0n) is 17.0. The van der Waals surface area contributed by atoms with Crippen LogP contribution in [0.25, 0.3) is 0 Å². The van der Waals surface area contributed by atoms with Crippen LogP contribution in [-0.2, 0) is 11.3 Å². The number of aryl methyl sites for hydroxylation is 1. The fraction of sp³-hybridized carbons (Fsp3) is 0.600. The van der Waals surface area contributed by atoms with Gasteiger partial charge < -0.3 is 10.6 Å². The second kappa shape index (κ2) is 7.40. The van der Waals surface area contributed by atoms with Crippen molar-refractivity contribution < 1.29 is 4.79 Å². The van der Waals surface area contributed by atoms with E-state index in [-0.39, 0.29) is 23.5 Å². The van der Waals surface area contributed by atoms with Gasteiger partial charge in [-0.15, -0.1) is 0 Å². The van der Waals surface area contributed by atoms with Crippen LogP contribution in [0.3, 0.4) is 0 Å². The lowest BCUT2D eigenvalue weighted by Gasteiger charge is -2.62. The minimum Gasteiger partial charge on any atom is -0.379 e. The van der Waals surface area contributed by atoms with E-state index in [0.29, 0.717) is 33.9 Å². The highest BCUT2D eigenvalue weighted by Crippen LogP contribution is 2.61. The maximum Gasteiger partial charge on any atom is 0.288 e. The molecule has 2 aromatic rings. The summed E-state index contributed by atoms with van der Waals surface area (Å²) in [4.78, 5) is 24.8. The highest BCUT2D eigenvalue weighted by atomic mass is 35.5. The van der Waals surface area contributed by atoms with Crippen molar-refractivity contribution in [2.75, 3.05) is 10.6 Å². The van der Waals surface area contributed by atoms with E-state index in [1.807, 2.05) is 6.92 Å². The monoisotopic (exact) mass is 435 g/mol. The summed E-state index contributed by atoms with van der Waals surface area (Å²) in [6, 6.07) is 2.05. The van der Waals surface area contributed by atoms with Crippen molar-refractivity contribution >= 4 is 39.7 Å². The summed E-state index contributed by atoms with van der Waals surface area (Å²) in [5, 5.41) is 11.0. The second-order valence-electron chi connectivity index (χ2n) is 8.92. The molecule has 3 fully saturated rings. The molecule has 2 heterocycles. The third kappa shape index (κ3) is 3.68. The number of aromatic nitrogens is 3. The van der Waals surface area contributed by atoms with Crippen molar-refractivity contribution in [2.24, 2.45) is 23.2 Å². The molecule has 0 aliphatic heterocycles. The number of carbonyl (C=O) groups excluding carboxylic acids is 1. The zero-order valence-corrected chi connectivity index (χ0v) is 18.6. The molecule has 2 bridgehead atoms. The first-order valence-corrected chi connectivity index (χ1v) is 11.1. The van der Waals surface area contributed by atoms with Gasteiger partial charge in [-0.25, -0.2) is 4.68 Å². The van der Waals surface area contributed by atoms with Gasteiger partial charge in [-0.1, -0.05) is 32.4 Å². The van der Waals surface area contributed by atoms with Crippen molar-refractivity contribution in [2.45, 2.75) is 53.1 Å². The largest absolute Gasteiger partial charge is 0.379 e. The van der Waals surface area contributed by atoms with Gasteiger partial charge in [0.05, 0.1) is 17.6 Å². The smallest absolute Gasteiger partial charge is 0.288 e. The van der Waals surface area contributed by atoms with Gasteiger partial charge in [0.1, 0.15) is 16.6 Å². The van der Waals surface area contributed by atoms with Gasteiger partial charge in [0.15, 0.2) is 0 Å². The molecule has 1 amide bonds. The summed E-state index contributed by atoms with van der Waals surface area (Å²) < 4.78 is 5.20. The number of nitrogens with one attached hydrogen (secondary N) is 2. The number of halogens is 1. The minimum atomic E-state index is -0.471. The molecule has 9 heteroatoms. The second-order valence-corrected chi connectivity index (χ2v) is 10.1. The molecular formula is C20H26ClN5O2S. The summed E-state index contributed by atoms with van der Waals surface area (Å²) in [5.41, 5.74) is 1.30. The van der Waals surface area contributed by atoms with Crippen molar-refractivity contribution in [1.29, 1.82) is 0 Å². The van der Waals surface area contributed by atoms with E-state index in [1.54, 1.807) is 12.3 Å². The Labute approximate surface area is 179 Å². The maximum atomic E-state index is 12.6. The van der Waals surface area contributed by atoms with Crippen molar-refractivity contribution in [3.63, 3.8) is 0 Å². The fourth-order valence-electron chi connectivity index (χ4n) is 4.95. The Balaban J connectivity index is 1.44. The molecule has 2 N–H and O–H groups in total. The van der Waals surface area contributed by atoms with E-state index in [1.165, 1.54) is 18.0 Å². The van der Waals surface area contributed by atoms with Gasteiger partial charge in [0.25, 0.3) is 5.56 Å². The molecule has 29 heavy (non-hydrogen) atoms. The Morgan fingerprint density at radius 3 is 2.79 bits per heavy atom. The molecule has 3 aliphatic rings. The lowest BCUT2D eigenvalue weighted by atomic mass is 9.45. The average Bonchev–Trinajstić information content (AvgIpc) is 3.06. The van der Waals surface area contributed by atoms with E-state index in [2.05, 4.69) is 40.9 Å². The van der Waals surface area contributed by atoms with Crippen LogP contribution >= 0.6 is 23.1 Å². The molecule has 0 aromatic carbocycles. The standard InChI is InChI=1S/C20H26ClN5O2S/c1-10-5-17(29-25-10)24-16(27)9-26-19(28)18(21)15(8-22-26)23-14-7-12-6-13(11(14)2)20(12,3)4/h5,8,11-14,23H,6-7,9H2,1-4H3,(H,24,27)/t11-,12?,13?,14-/m1/s1. The summed E-state index contributed by atoms with van der Waals surface area (Å²) in [7, 11) is 0. The third-order valence-electron chi connectivity index (χ3n) is 6.86. The van der Waals surface area contributed by atoms with Crippen molar-refractivity contribution in [3.8, 4) is 0 Å². The molecule has 4 atom stereocenters. The molecule has 0 radical (unpaired) electrons. The zero-order chi connectivity index (χ0) is 20.9. The summed E-state index contributed by atoms with van der Waals surface area (Å²) in [6.45, 7) is 8.63. The number of carbonyl (C=O) groups is 1. The predicted molar refractivity (Wildman–Crippen MR) is 116 cm³/mol. The molecule has 0 saturated heterocycles. The highest BCUT2D eigenvalue weighted by molar-refractivity contribution is 7.10. The highest BCUT2D eigenvalue weighted by Gasteiger charge is 2.56. The van der Waals surface area contributed by atoms with E-state index >= 15 is 0 Å². The molecule has 3 aliphatic carbocycles. The quantitative estimate of drug-likeness (QED) is 0.745. The number of fused-ring (bicyclic) bond motifs is 2. The number of amides is 1. The molecule has 5 rings (SSSR count). The van der Waals surface area contributed by atoms with Crippen LogP contribution in [-0.4, -0.2) is 26.1 Å². The Morgan fingerprint density at radius 2 is 2.17 bits per heavy atom. The maximum absolute atomic E-state index is 12.6. The van der Waals surface area contributed by atoms with Crippen LogP contribution in [0.2, 0.25) is 5.02 Å². The number of anilines is 2. The van der Waals surface area contributed by atoms with Gasteiger partial charge in [-0.05, 0) is 60.5 Å². The molecule has 0 spiro atoms. The number of rotatable bonds is 5. The third-order valence-corrected chi connectivity index (χ3v) is 8.03. The van der Waals surface area contributed by atoms with Gasteiger partial charge in [0.2, 0.25) is 5.91 Å². The summed E-state index contributed by atoms with van der Waals surface area (Å²) >= 11 is 7.54. The first-order chi connectivity index (χ1) is 13.7. The Hall–Kier alpha value is -1.93. The van der Waals surface area contributed by atoms with Crippen LogP contribution in [0.15, 0.2) is 17.1 Å². The van der Waals surface area contributed by atoms with Gasteiger partial charge in [-0.2, -0.15) is 9.47 Å². The van der Waals surface area contributed by atoms with E-state index in [4.69, 9.17) is 11.6 Å². The normalized spacial score (nSPS) is 27.2. The number of hydrogen-bond donors (Lipinski definition) is 2. The number of hydrogen-bond acceptors (Lipinski definition) is 6. The summed E-state index contributed by atoms with van der Waals surface area (Å²) in [6.07, 6.45) is 3.90. The summed E-state index contributed by atoms with van der Waals surface area (Å²) in [5.74, 6) is 1.54. The Kier molecular flexibility index (Phi) is 5.19. The number of nitrogens with zero attached hydrogens (tertiary/aromatic N) is 3. The topological polar surface area (TPSA) is 88.9 Å². The van der Waals surface area contributed by atoms with Crippen LogP contribution in [0.4, 0.5) is 10.7 Å². The molecular weight excluding hydrogens is 410 g/mol. The van der Waals surface area contributed by atoms with Gasteiger partial charge in [-0.3, -0.25) is 9.59 Å². The SMILES string of the molecule is Cc1cc(NC(=O)Cn2ncc(N[C@@H]3CC4CC([C@H]3C)C4(C)C)c(Cl)c2=O)sn1. The van der Waals surface area contributed by atoms with Crippen molar-refractivity contribution in [3.05, 3.63) is 33.3 Å². The first kappa shape index (κ1) is 20.3. The van der Waals surface area contributed by atoms with Crippen LogP contribution in [0.1, 0.15) is 39.3 Å². The molecule has 156 valence electrons. The van der Waals surface area contributed by atoms with Gasteiger partial charge >= 0.3 is 0 Å².